The zero-order valence-corrected chi connectivity index (χ0v) is 13.5. The van der Waals surface area contributed by atoms with E-state index in [0.717, 1.165) is 29.8 Å². The molecule has 3 rings (SSSR count). The van der Waals surface area contributed by atoms with Crippen molar-refractivity contribution in [1.29, 1.82) is 0 Å². The first-order valence-corrected chi connectivity index (χ1v) is 8.12. The van der Waals surface area contributed by atoms with Crippen molar-refractivity contribution in [1.82, 2.24) is 5.32 Å². The molecule has 1 fully saturated rings. The number of hydrogen-bond acceptors (Lipinski definition) is 3. The zero-order chi connectivity index (χ0) is 16.9. The lowest BCUT2D eigenvalue weighted by Gasteiger charge is -2.16. The van der Waals surface area contributed by atoms with Gasteiger partial charge in [-0.1, -0.05) is 24.3 Å². The SMILES string of the molecule is Nc1ccc(CC(=O)NCc2ccc(N3CCCC3=O)cc2)cc1. The van der Waals surface area contributed by atoms with Gasteiger partial charge in [-0.3, -0.25) is 9.59 Å². The normalized spacial score (nSPS) is 14.0. The van der Waals surface area contributed by atoms with Crippen LogP contribution < -0.4 is 16.0 Å². The molecule has 0 atom stereocenters. The van der Waals surface area contributed by atoms with Crippen LogP contribution >= 0.6 is 0 Å². The molecule has 5 heteroatoms. The number of rotatable bonds is 5. The molecule has 1 aliphatic heterocycles. The Morgan fingerprint density at radius 3 is 2.33 bits per heavy atom. The van der Waals surface area contributed by atoms with Gasteiger partial charge in [0, 0.05) is 30.9 Å². The van der Waals surface area contributed by atoms with Crippen LogP contribution in [0.2, 0.25) is 0 Å². The second kappa shape index (κ2) is 7.17. The van der Waals surface area contributed by atoms with E-state index in [1.54, 1.807) is 12.1 Å². The Kier molecular flexibility index (Phi) is 4.79. The van der Waals surface area contributed by atoms with Gasteiger partial charge in [0.1, 0.15) is 0 Å². The van der Waals surface area contributed by atoms with E-state index in [1.165, 1.54) is 0 Å². The van der Waals surface area contributed by atoms with Crippen LogP contribution in [0.5, 0.6) is 0 Å². The summed E-state index contributed by atoms with van der Waals surface area (Å²) in [6.07, 6.45) is 1.88. The molecule has 0 unspecified atom stereocenters. The van der Waals surface area contributed by atoms with Gasteiger partial charge in [-0.2, -0.15) is 0 Å². The highest BCUT2D eigenvalue weighted by Crippen LogP contribution is 2.21. The molecule has 0 saturated carbocycles. The Bertz CT molecular complexity index is 723. The summed E-state index contributed by atoms with van der Waals surface area (Å²) in [6.45, 7) is 1.26. The molecule has 0 aliphatic carbocycles. The maximum atomic E-state index is 12.0. The first-order chi connectivity index (χ1) is 11.6. The van der Waals surface area contributed by atoms with Gasteiger partial charge in [-0.15, -0.1) is 0 Å². The summed E-state index contributed by atoms with van der Waals surface area (Å²) in [7, 11) is 0. The lowest BCUT2D eigenvalue weighted by molar-refractivity contribution is -0.120. The van der Waals surface area contributed by atoms with Crippen molar-refractivity contribution in [3.63, 3.8) is 0 Å². The van der Waals surface area contributed by atoms with Crippen LogP contribution in [0, 0.1) is 0 Å². The Hall–Kier alpha value is -2.82. The summed E-state index contributed by atoms with van der Waals surface area (Å²) >= 11 is 0. The molecule has 2 aromatic carbocycles. The number of hydrogen-bond donors (Lipinski definition) is 2. The number of carbonyl (C=O) groups is 2. The van der Waals surface area contributed by atoms with Gasteiger partial charge < -0.3 is 16.0 Å². The molecule has 3 N–H and O–H groups in total. The van der Waals surface area contributed by atoms with Crippen LogP contribution in [-0.2, 0) is 22.6 Å². The summed E-state index contributed by atoms with van der Waals surface area (Å²) in [6, 6.07) is 15.1. The van der Waals surface area contributed by atoms with Crippen LogP contribution in [0.25, 0.3) is 0 Å². The minimum Gasteiger partial charge on any atom is -0.399 e. The molecular formula is C19H21N3O2. The molecule has 1 saturated heterocycles. The van der Waals surface area contributed by atoms with Crippen LogP contribution in [-0.4, -0.2) is 18.4 Å². The maximum absolute atomic E-state index is 12.0. The fourth-order valence-electron chi connectivity index (χ4n) is 2.80. The highest BCUT2D eigenvalue weighted by Gasteiger charge is 2.21. The monoisotopic (exact) mass is 323 g/mol. The standard InChI is InChI=1S/C19H21N3O2/c20-16-7-3-14(4-8-16)12-18(23)21-13-15-5-9-17(10-6-15)22-11-1-2-19(22)24/h3-10H,1-2,11-13,20H2,(H,21,23). The summed E-state index contributed by atoms with van der Waals surface area (Å²) in [5, 5.41) is 2.91. The van der Waals surface area contributed by atoms with E-state index in [0.29, 0.717) is 25.1 Å². The van der Waals surface area contributed by atoms with Gasteiger partial charge in [0.05, 0.1) is 6.42 Å². The van der Waals surface area contributed by atoms with Crippen molar-refractivity contribution in [3.8, 4) is 0 Å². The third-order valence-electron chi connectivity index (χ3n) is 4.16. The average Bonchev–Trinajstić information content (AvgIpc) is 3.02. The van der Waals surface area contributed by atoms with Crippen molar-refractivity contribution < 1.29 is 9.59 Å². The molecule has 1 aliphatic rings. The largest absolute Gasteiger partial charge is 0.399 e. The van der Waals surface area contributed by atoms with Crippen molar-refractivity contribution in [2.24, 2.45) is 0 Å². The number of amides is 2. The van der Waals surface area contributed by atoms with Crippen LogP contribution in [0.1, 0.15) is 24.0 Å². The molecule has 0 bridgehead atoms. The third-order valence-corrected chi connectivity index (χ3v) is 4.16. The Morgan fingerprint density at radius 1 is 1.04 bits per heavy atom. The van der Waals surface area contributed by atoms with Gasteiger partial charge in [-0.25, -0.2) is 0 Å². The van der Waals surface area contributed by atoms with Crippen LogP contribution in [0.3, 0.4) is 0 Å². The van der Waals surface area contributed by atoms with Gasteiger partial charge in [0.15, 0.2) is 0 Å². The number of benzene rings is 2. The number of nitrogens with one attached hydrogen (secondary N) is 1. The average molecular weight is 323 g/mol. The van der Waals surface area contributed by atoms with Crippen molar-refractivity contribution in [3.05, 3.63) is 59.7 Å². The lowest BCUT2D eigenvalue weighted by Crippen LogP contribution is -2.25. The van der Waals surface area contributed by atoms with E-state index in [2.05, 4.69) is 5.32 Å². The Balaban J connectivity index is 1.51. The second-order valence-electron chi connectivity index (χ2n) is 6.01. The van der Waals surface area contributed by atoms with E-state index in [-0.39, 0.29) is 11.8 Å². The molecule has 5 nitrogen and oxygen atoms in total. The molecule has 1 heterocycles. The molecule has 0 spiro atoms. The summed E-state index contributed by atoms with van der Waals surface area (Å²) in [5.74, 6) is 0.151. The van der Waals surface area contributed by atoms with Gasteiger partial charge in [0.25, 0.3) is 0 Å². The number of carbonyl (C=O) groups excluding carboxylic acids is 2. The predicted molar refractivity (Wildman–Crippen MR) is 94.4 cm³/mol. The van der Waals surface area contributed by atoms with E-state index >= 15 is 0 Å². The minimum absolute atomic E-state index is 0.0291. The number of nitrogens with two attached hydrogens (primary N) is 1. The number of nitrogen functional groups attached to an aromatic ring is 1. The molecule has 2 aromatic rings. The van der Waals surface area contributed by atoms with Crippen molar-refractivity contribution in [2.75, 3.05) is 17.2 Å². The summed E-state index contributed by atoms with van der Waals surface area (Å²) < 4.78 is 0. The second-order valence-corrected chi connectivity index (χ2v) is 6.01. The minimum atomic E-state index is -0.0291. The first kappa shape index (κ1) is 16.1. The summed E-state index contributed by atoms with van der Waals surface area (Å²) in [5.41, 5.74) is 9.19. The van der Waals surface area contributed by atoms with Gasteiger partial charge in [0.2, 0.25) is 11.8 Å². The fourth-order valence-corrected chi connectivity index (χ4v) is 2.80. The number of anilines is 2. The number of nitrogens with zero attached hydrogens (tertiary/aromatic N) is 1. The Morgan fingerprint density at radius 2 is 1.71 bits per heavy atom. The fraction of sp³-hybridized carbons (Fsp3) is 0.263. The third kappa shape index (κ3) is 3.93. The van der Waals surface area contributed by atoms with E-state index in [4.69, 9.17) is 5.73 Å². The van der Waals surface area contributed by atoms with E-state index in [9.17, 15) is 9.59 Å². The van der Waals surface area contributed by atoms with E-state index in [1.807, 2.05) is 41.3 Å². The predicted octanol–water partition coefficient (Wildman–Crippen LogP) is 2.25. The van der Waals surface area contributed by atoms with E-state index < -0.39 is 0 Å². The highest BCUT2D eigenvalue weighted by molar-refractivity contribution is 5.95. The topological polar surface area (TPSA) is 75.4 Å². The van der Waals surface area contributed by atoms with Crippen molar-refractivity contribution >= 4 is 23.2 Å². The summed E-state index contributed by atoms with van der Waals surface area (Å²) in [4.78, 5) is 25.5. The van der Waals surface area contributed by atoms with Gasteiger partial charge in [-0.05, 0) is 41.8 Å². The molecule has 24 heavy (non-hydrogen) atoms. The molecule has 0 radical (unpaired) electrons. The Labute approximate surface area is 141 Å². The lowest BCUT2D eigenvalue weighted by atomic mass is 10.1. The van der Waals surface area contributed by atoms with Gasteiger partial charge >= 0.3 is 0 Å². The van der Waals surface area contributed by atoms with Crippen molar-refractivity contribution in [2.45, 2.75) is 25.8 Å². The smallest absolute Gasteiger partial charge is 0.227 e. The van der Waals surface area contributed by atoms with Crippen LogP contribution in [0.15, 0.2) is 48.5 Å². The maximum Gasteiger partial charge on any atom is 0.227 e. The highest BCUT2D eigenvalue weighted by atomic mass is 16.2. The molecular weight excluding hydrogens is 302 g/mol. The first-order valence-electron chi connectivity index (χ1n) is 8.12. The zero-order valence-electron chi connectivity index (χ0n) is 13.5. The molecule has 2 amide bonds. The molecule has 124 valence electrons. The molecule has 0 aromatic heterocycles. The van der Waals surface area contributed by atoms with Crippen LogP contribution in [0.4, 0.5) is 11.4 Å². The quantitative estimate of drug-likeness (QED) is 0.829.